The third-order valence-electron chi connectivity index (χ3n) is 4.01. The zero-order chi connectivity index (χ0) is 15.5. The molecular weight excluding hydrogens is 274 g/mol. The van der Waals surface area contributed by atoms with Gasteiger partial charge < -0.3 is 14.8 Å². The molecule has 2 aliphatic rings. The molecule has 7 nitrogen and oxygen atoms in total. The topological polar surface area (TPSA) is 91.7 Å². The monoisotopic (exact) mass is 295 g/mol. The number of ether oxygens (including phenoxy) is 2. The van der Waals surface area contributed by atoms with Gasteiger partial charge in [0.15, 0.2) is 6.10 Å². The first-order valence-corrected chi connectivity index (χ1v) is 7.12. The Bertz CT molecular complexity index is 458. The van der Waals surface area contributed by atoms with Gasteiger partial charge in [0.1, 0.15) is 5.54 Å². The van der Waals surface area contributed by atoms with E-state index in [0.29, 0.717) is 19.7 Å². The number of carbonyl (C=O) groups is 2. The number of methoxy groups -OCH3 is 1. The van der Waals surface area contributed by atoms with Gasteiger partial charge in [-0.15, -0.1) is 0 Å². The average molecular weight is 295 g/mol. The number of nitrogens with zero attached hydrogens (tertiary/aromatic N) is 2. The van der Waals surface area contributed by atoms with Crippen LogP contribution in [0.1, 0.15) is 19.8 Å². The number of morpholine rings is 1. The minimum absolute atomic E-state index is 0.154. The molecule has 2 fully saturated rings. The molecule has 7 heteroatoms. The van der Waals surface area contributed by atoms with Gasteiger partial charge in [0.05, 0.1) is 26.3 Å². The van der Waals surface area contributed by atoms with E-state index in [1.807, 2.05) is 4.90 Å². The Morgan fingerprint density at radius 3 is 2.81 bits per heavy atom. The molecule has 1 N–H and O–H groups in total. The highest BCUT2D eigenvalue weighted by atomic mass is 16.6. The summed E-state index contributed by atoms with van der Waals surface area (Å²) in [6, 6.07) is 2.20. The Morgan fingerprint density at radius 2 is 2.24 bits per heavy atom. The third-order valence-corrected chi connectivity index (χ3v) is 4.01. The van der Waals surface area contributed by atoms with Gasteiger partial charge in [-0.05, 0) is 25.7 Å². The van der Waals surface area contributed by atoms with Gasteiger partial charge in [0.2, 0.25) is 5.91 Å². The summed E-state index contributed by atoms with van der Waals surface area (Å²) in [5.74, 6) is -0.379. The summed E-state index contributed by atoms with van der Waals surface area (Å²) in [6.07, 6.45) is 1.31. The molecule has 0 bridgehead atoms. The van der Waals surface area contributed by atoms with Crippen molar-refractivity contribution < 1.29 is 19.1 Å². The van der Waals surface area contributed by atoms with Crippen LogP contribution in [-0.2, 0) is 19.1 Å². The summed E-state index contributed by atoms with van der Waals surface area (Å²) in [5.41, 5.74) is -0.787. The average Bonchev–Trinajstić information content (AvgIpc) is 3.31. The van der Waals surface area contributed by atoms with Crippen LogP contribution < -0.4 is 5.32 Å². The maximum absolute atomic E-state index is 12.1. The molecule has 1 aliphatic heterocycles. The first-order chi connectivity index (χ1) is 9.98. The number of nitriles is 1. The van der Waals surface area contributed by atoms with Crippen molar-refractivity contribution in [1.29, 1.82) is 5.26 Å². The minimum atomic E-state index is -0.787. The number of carbonyl (C=O) groups excluding carboxylic acids is 2. The number of amides is 1. The molecular formula is C14H21N3O4. The normalized spacial score (nSPS) is 25.5. The van der Waals surface area contributed by atoms with Crippen LogP contribution in [0, 0.1) is 17.2 Å². The highest BCUT2D eigenvalue weighted by Gasteiger charge is 2.43. The number of esters is 1. The summed E-state index contributed by atoms with van der Waals surface area (Å²) in [6.45, 7) is 3.20. The molecule has 21 heavy (non-hydrogen) atoms. The lowest BCUT2D eigenvalue weighted by atomic mass is 9.98. The van der Waals surface area contributed by atoms with Crippen molar-refractivity contribution in [1.82, 2.24) is 10.2 Å². The molecule has 1 heterocycles. The van der Waals surface area contributed by atoms with E-state index in [9.17, 15) is 14.9 Å². The van der Waals surface area contributed by atoms with E-state index in [4.69, 9.17) is 4.74 Å². The number of rotatable bonds is 5. The van der Waals surface area contributed by atoms with E-state index in [2.05, 4.69) is 16.1 Å². The Kier molecular flexibility index (Phi) is 4.80. The molecule has 2 atom stereocenters. The lowest BCUT2D eigenvalue weighted by molar-refractivity contribution is -0.160. The zero-order valence-electron chi connectivity index (χ0n) is 12.4. The molecule has 0 aromatic rings. The Labute approximate surface area is 124 Å². The van der Waals surface area contributed by atoms with Crippen molar-refractivity contribution in [3.05, 3.63) is 0 Å². The van der Waals surface area contributed by atoms with E-state index < -0.39 is 17.6 Å². The van der Waals surface area contributed by atoms with E-state index in [-0.39, 0.29) is 18.4 Å². The van der Waals surface area contributed by atoms with Gasteiger partial charge in [-0.2, -0.15) is 5.26 Å². The fourth-order valence-corrected chi connectivity index (χ4v) is 2.53. The summed E-state index contributed by atoms with van der Waals surface area (Å²) < 4.78 is 9.96. The van der Waals surface area contributed by atoms with Gasteiger partial charge in [0, 0.05) is 13.1 Å². The largest absolute Gasteiger partial charge is 0.467 e. The van der Waals surface area contributed by atoms with Crippen LogP contribution in [0.25, 0.3) is 0 Å². The molecule has 0 aromatic heterocycles. The maximum atomic E-state index is 12.1. The van der Waals surface area contributed by atoms with Crippen molar-refractivity contribution >= 4 is 11.9 Å². The molecule has 1 aliphatic carbocycles. The second-order valence-electron chi connectivity index (χ2n) is 5.75. The summed E-state index contributed by atoms with van der Waals surface area (Å²) in [4.78, 5) is 25.4. The first-order valence-electron chi connectivity index (χ1n) is 7.12. The van der Waals surface area contributed by atoms with Gasteiger partial charge in [-0.1, -0.05) is 0 Å². The lowest BCUT2D eigenvalue weighted by Gasteiger charge is -2.32. The predicted octanol–water partition coefficient (Wildman–Crippen LogP) is -0.331. The van der Waals surface area contributed by atoms with Crippen LogP contribution in [0.2, 0.25) is 0 Å². The van der Waals surface area contributed by atoms with Crippen molar-refractivity contribution in [2.24, 2.45) is 5.92 Å². The van der Waals surface area contributed by atoms with Crippen LogP contribution in [0.3, 0.4) is 0 Å². The second kappa shape index (κ2) is 6.41. The van der Waals surface area contributed by atoms with E-state index in [1.54, 1.807) is 6.92 Å². The van der Waals surface area contributed by atoms with Crippen LogP contribution in [-0.4, -0.2) is 61.8 Å². The fourth-order valence-electron chi connectivity index (χ4n) is 2.53. The highest BCUT2D eigenvalue weighted by Crippen LogP contribution is 2.39. The zero-order valence-corrected chi connectivity index (χ0v) is 12.4. The Hall–Kier alpha value is -1.65. The van der Waals surface area contributed by atoms with E-state index in [1.165, 1.54) is 7.11 Å². The number of nitrogens with one attached hydrogen (secondary N) is 1. The van der Waals surface area contributed by atoms with Gasteiger partial charge >= 0.3 is 5.97 Å². The molecule has 1 saturated carbocycles. The molecule has 0 spiro atoms. The third kappa shape index (κ3) is 3.93. The molecule has 2 rings (SSSR count). The van der Waals surface area contributed by atoms with Crippen LogP contribution in [0.4, 0.5) is 0 Å². The Balaban J connectivity index is 1.85. The van der Waals surface area contributed by atoms with Crippen LogP contribution >= 0.6 is 0 Å². The molecule has 1 amide bonds. The molecule has 1 saturated heterocycles. The Morgan fingerprint density at radius 1 is 1.52 bits per heavy atom. The molecule has 2 unspecified atom stereocenters. The molecule has 0 radical (unpaired) electrons. The van der Waals surface area contributed by atoms with Crippen molar-refractivity contribution in [2.45, 2.75) is 31.4 Å². The van der Waals surface area contributed by atoms with Gasteiger partial charge in [-0.3, -0.25) is 9.69 Å². The predicted molar refractivity (Wildman–Crippen MR) is 73.1 cm³/mol. The first kappa shape index (κ1) is 15.7. The van der Waals surface area contributed by atoms with Crippen LogP contribution in [0.5, 0.6) is 0 Å². The van der Waals surface area contributed by atoms with Crippen molar-refractivity contribution in [2.75, 3.05) is 33.4 Å². The quantitative estimate of drug-likeness (QED) is 0.698. The second-order valence-corrected chi connectivity index (χ2v) is 5.75. The van der Waals surface area contributed by atoms with Crippen molar-refractivity contribution in [3.8, 4) is 6.07 Å². The summed E-state index contributed by atoms with van der Waals surface area (Å²) in [5, 5.41) is 12.0. The highest BCUT2D eigenvalue weighted by molar-refractivity contribution is 5.80. The fraction of sp³-hybridized carbons (Fsp3) is 0.786. The summed E-state index contributed by atoms with van der Waals surface area (Å²) >= 11 is 0. The summed E-state index contributed by atoms with van der Waals surface area (Å²) in [7, 11) is 1.31. The number of hydrogen-bond acceptors (Lipinski definition) is 6. The van der Waals surface area contributed by atoms with Crippen LogP contribution in [0.15, 0.2) is 0 Å². The van der Waals surface area contributed by atoms with Gasteiger partial charge in [0.25, 0.3) is 0 Å². The molecule has 116 valence electrons. The minimum Gasteiger partial charge on any atom is -0.467 e. The molecule has 0 aromatic carbocycles. The van der Waals surface area contributed by atoms with Gasteiger partial charge in [-0.25, -0.2) is 4.79 Å². The van der Waals surface area contributed by atoms with Crippen molar-refractivity contribution in [3.63, 3.8) is 0 Å². The van der Waals surface area contributed by atoms with E-state index >= 15 is 0 Å². The SMILES string of the molecule is COC(=O)C1CN(CC(=O)NC(C)(C#N)C2CC2)CCO1. The van der Waals surface area contributed by atoms with E-state index in [0.717, 1.165) is 12.8 Å². The lowest BCUT2D eigenvalue weighted by Crippen LogP contribution is -2.53. The maximum Gasteiger partial charge on any atom is 0.336 e. The smallest absolute Gasteiger partial charge is 0.336 e. The number of hydrogen-bond donors (Lipinski definition) is 1. The standard InChI is InChI=1S/C14H21N3O4/c1-14(9-15,10-3-4-10)16-12(18)8-17-5-6-21-11(7-17)13(19)20-2/h10-11H,3-8H2,1-2H3,(H,16,18).